The fraction of sp³-hybridized carbons (Fsp3) is 0.846. The lowest BCUT2D eigenvalue weighted by Crippen LogP contribution is -2.31. The lowest BCUT2D eigenvalue weighted by atomic mass is 9.94. The molecule has 2 heterocycles. The summed E-state index contributed by atoms with van der Waals surface area (Å²) in [6.45, 7) is 9.15. The van der Waals surface area contributed by atoms with Crippen molar-refractivity contribution in [3.8, 4) is 0 Å². The molecule has 0 radical (unpaired) electrons. The molecular formula is C13H24N4O. The third-order valence-electron chi connectivity index (χ3n) is 3.58. The Bertz CT molecular complexity index is 366. The minimum absolute atomic E-state index is 0.310. The minimum atomic E-state index is 0.310. The maximum absolute atomic E-state index is 5.71. The lowest BCUT2D eigenvalue weighted by molar-refractivity contribution is 0.116. The van der Waals surface area contributed by atoms with Crippen LogP contribution in [0.2, 0.25) is 0 Å². The van der Waals surface area contributed by atoms with Crippen LogP contribution in [0.1, 0.15) is 45.3 Å². The number of nitrogens with one attached hydrogen (secondary N) is 1. The Morgan fingerprint density at radius 3 is 3.00 bits per heavy atom. The van der Waals surface area contributed by atoms with E-state index in [1.54, 1.807) is 0 Å². The molecular weight excluding hydrogens is 228 g/mol. The van der Waals surface area contributed by atoms with E-state index in [1.165, 1.54) is 5.69 Å². The molecule has 0 amide bonds. The van der Waals surface area contributed by atoms with Crippen LogP contribution in [-0.4, -0.2) is 34.2 Å². The van der Waals surface area contributed by atoms with Crippen molar-refractivity contribution in [2.75, 3.05) is 13.2 Å². The molecule has 1 N–H and O–H groups in total. The van der Waals surface area contributed by atoms with Gasteiger partial charge in [0.1, 0.15) is 0 Å². The molecule has 0 saturated carbocycles. The molecule has 5 heteroatoms. The summed E-state index contributed by atoms with van der Waals surface area (Å²) in [5, 5.41) is 11.8. The summed E-state index contributed by atoms with van der Waals surface area (Å²) in [6.07, 6.45) is 4.50. The van der Waals surface area contributed by atoms with E-state index in [2.05, 4.69) is 36.4 Å². The summed E-state index contributed by atoms with van der Waals surface area (Å²) in [5.41, 5.74) is 1.19. The van der Waals surface area contributed by atoms with Gasteiger partial charge in [0, 0.05) is 12.5 Å². The number of hydrogen-bond donors (Lipinski definition) is 1. The number of rotatable bonds is 6. The predicted octanol–water partition coefficient (Wildman–Crippen LogP) is 1.76. The fourth-order valence-electron chi connectivity index (χ4n) is 2.65. The second-order valence-corrected chi connectivity index (χ2v) is 5.05. The third kappa shape index (κ3) is 2.90. The third-order valence-corrected chi connectivity index (χ3v) is 3.58. The van der Waals surface area contributed by atoms with Crippen molar-refractivity contribution in [3.63, 3.8) is 0 Å². The number of hydrogen-bond acceptors (Lipinski definition) is 4. The first-order valence-electron chi connectivity index (χ1n) is 6.99. The first-order chi connectivity index (χ1) is 8.76. The lowest BCUT2D eigenvalue weighted by Gasteiger charge is -2.24. The Labute approximate surface area is 109 Å². The van der Waals surface area contributed by atoms with Crippen molar-refractivity contribution in [1.82, 2.24) is 20.3 Å². The maximum Gasteiger partial charge on any atom is 0.0760 e. The Morgan fingerprint density at radius 2 is 2.39 bits per heavy atom. The van der Waals surface area contributed by atoms with E-state index >= 15 is 0 Å². The fourth-order valence-corrected chi connectivity index (χ4v) is 2.65. The van der Waals surface area contributed by atoms with Gasteiger partial charge in [0.25, 0.3) is 0 Å². The van der Waals surface area contributed by atoms with Crippen LogP contribution in [0, 0.1) is 5.92 Å². The van der Waals surface area contributed by atoms with E-state index in [-0.39, 0.29) is 0 Å². The summed E-state index contributed by atoms with van der Waals surface area (Å²) < 4.78 is 7.69. The van der Waals surface area contributed by atoms with Crippen LogP contribution in [0.25, 0.3) is 0 Å². The van der Waals surface area contributed by atoms with Crippen molar-refractivity contribution in [2.45, 2.75) is 52.3 Å². The molecule has 1 fully saturated rings. The van der Waals surface area contributed by atoms with Crippen LogP contribution >= 0.6 is 0 Å². The molecule has 102 valence electrons. The summed E-state index contributed by atoms with van der Waals surface area (Å²) in [7, 11) is 0. The smallest absolute Gasteiger partial charge is 0.0760 e. The number of ether oxygens (including phenoxy) is 1. The van der Waals surface area contributed by atoms with Gasteiger partial charge >= 0.3 is 0 Å². The second-order valence-electron chi connectivity index (χ2n) is 5.05. The number of nitrogens with zero attached hydrogens (tertiary/aromatic N) is 3. The first-order valence-corrected chi connectivity index (χ1v) is 6.99. The van der Waals surface area contributed by atoms with E-state index in [9.17, 15) is 0 Å². The average molecular weight is 252 g/mol. The van der Waals surface area contributed by atoms with Gasteiger partial charge < -0.3 is 10.1 Å². The minimum Gasteiger partial charge on any atom is -0.378 e. The van der Waals surface area contributed by atoms with E-state index in [0.717, 1.165) is 32.5 Å². The average Bonchev–Trinajstić information content (AvgIpc) is 2.99. The predicted molar refractivity (Wildman–Crippen MR) is 70.3 cm³/mol. The van der Waals surface area contributed by atoms with E-state index < -0.39 is 0 Å². The van der Waals surface area contributed by atoms with Crippen molar-refractivity contribution < 1.29 is 4.74 Å². The molecule has 0 aliphatic carbocycles. The topological polar surface area (TPSA) is 52.0 Å². The molecule has 0 spiro atoms. The zero-order valence-corrected chi connectivity index (χ0v) is 11.6. The van der Waals surface area contributed by atoms with Gasteiger partial charge in [-0.25, -0.2) is 4.68 Å². The van der Waals surface area contributed by atoms with Crippen LogP contribution in [0.4, 0.5) is 0 Å². The normalized spacial score (nSPS) is 25.5. The zero-order valence-electron chi connectivity index (χ0n) is 11.6. The molecule has 1 saturated heterocycles. The van der Waals surface area contributed by atoms with Gasteiger partial charge in [0.05, 0.1) is 30.6 Å². The largest absolute Gasteiger partial charge is 0.378 e. The van der Waals surface area contributed by atoms with Gasteiger partial charge in [-0.05, 0) is 33.2 Å². The quantitative estimate of drug-likeness (QED) is 0.838. The van der Waals surface area contributed by atoms with Gasteiger partial charge in [0.15, 0.2) is 0 Å². The van der Waals surface area contributed by atoms with Crippen LogP contribution in [0.5, 0.6) is 0 Å². The van der Waals surface area contributed by atoms with Gasteiger partial charge in [-0.3, -0.25) is 0 Å². The molecule has 3 atom stereocenters. The Kier molecular flexibility index (Phi) is 4.72. The number of aryl methyl sites for hydroxylation is 1. The molecule has 18 heavy (non-hydrogen) atoms. The highest BCUT2D eigenvalue weighted by atomic mass is 16.5. The summed E-state index contributed by atoms with van der Waals surface area (Å²) in [4.78, 5) is 0. The van der Waals surface area contributed by atoms with Crippen molar-refractivity contribution in [3.05, 3.63) is 11.9 Å². The molecule has 2 rings (SSSR count). The molecule has 0 bridgehead atoms. The highest BCUT2D eigenvalue weighted by Gasteiger charge is 2.32. The molecule has 1 aliphatic rings. The van der Waals surface area contributed by atoms with Crippen LogP contribution in [-0.2, 0) is 11.3 Å². The molecule has 3 unspecified atom stereocenters. The van der Waals surface area contributed by atoms with Gasteiger partial charge in [-0.2, -0.15) is 0 Å². The summed E-state index contributed by atoms with van der Waals surface area (Å²) in [5.74, 6) is 0.523. The van der Waals surface area contributed by atoms with Crippen molar-refractivity contribution >= 4 is 0 Å². The van der Waals surface area contributed by atoms with Gasteiger partial charge in [-0.15, -0.1) is 5.10 Å². The first kappa shape index (κ1) is 13.5. The maximum atomic E-state index is 5.71. The highest BCUT2D eigenvalue weighted by molar-refractivity contribution is 5.05. The number of aromatic nitrogens is 3. The van der Waals surface area contributed by atoms with Crippen LogP contribution in [0.3, 0.4) is 0 Å². The molecule has 5 nitrogen and oxygen atoms in total. The van der Waals surface area contributed by atoms with E-state index in [4.69, 9.17) is 4.74 Å². The van der Waals surface area contributed by atoms with Crippen molar-refractivity contribution in [1.29, 1.82) is 0 Å². The second kappa shape index (κ2) is 6.29. The highest BCUT2D eigenvalue weighted by Crippen LogP contribution is 2.31. The Morgan fingerprint density at radius 1 is 1.56 bits per heavy atom. The van der Waals surface area contributed by atoms with Gasteiger partial charge in [-0.1, -0.05) is 12.1 Å². The summed E-state index contributed by atoms with van der Waals surface area (Å²) >= 11 is 0. The molecule has 1 aromatic heterocycles. The standard InChI is InChI=1S/C13H24N4O/c1-4-6-14-13(11-7-10(3)18-9-11)12-8-15-16-17(12)5-2/h8,10-11,13-14H,4-7,9H2,1-3H3. The van der Waals surface area contributed by atoms with Crippen LogP contribution in [0.15, 0.2) is 6.20 Å². The Balaban J connectivity index is 2.14. The van der Waals surface area contributed by atoms with Crippen LogP contribution < -0.4 is 5.32 Å². The SMILES string of the molecule is CCCNC(c1cnnn1CC)C1COC(C)C1. The van der Waals surface area contributed by atoms with E-state index in [0.29, 0.717) is 18.1 Å². The van der Waals surface area contributed by atoms with Gasteiger partial charge in [0.2, 0.25) is 0 Å². The molecule has 1 aromatic rings. The van der Waals surface area contributed by atoms with Crippen molar-refractivity contribution in [2.24, 2.45) is 5.92 Å². The van der Waals surface area contributed by atoms with E-state index in [1.807, 2.05) is 10.9 Å². The molecule has 1 aliphatic heterocycles. The Hall–Kier alpha value is -0.940. The molecule has 0 aromatic carbocycles. The zero-order chi connectivity index (χ0) is 13.0. The monoisotopic (exact) mass is 252 g/mol. The summed E-state index contributed by atoms with van der Waals surface area (Å²) in [6, 6.07) is 0.310.